The van der Waals surface area contributed by atoms with Crippen LogP contribution in [0, 0.1) is 12.7 Å². The largest absolute Gasteiger partial charge is 0.504 e. The molecule has 2 aromatic carbocycles. The Morgan fingerprint density at radius 2 is 1.83 bits per heavy atom. The molecule has 4 heteroatoms. The van der Waals surface area contributed by atoms with Crippen molar-refractivity contribution in [3.63, 3.8) is 0 Å². The van der Waals surface area contributed by atoms with Crippen molar-refractivity contribution in [2.24, 2.45) is 0 Å². The van der Waals surface area contributed by atoms with Gasteiger partial charge in [-0.15, -0.1) is 0 Å². The minimum absolute atomic E-state index is 0.166. The number of phenols is 2. The number of anilines is 1. The Hall–Kier alpha value is -2.23. The number of aryl methyl sites for hydroxylation is 1. The smallest absolute Gasteiger partial charge is 0.157 e. The maximum absolute atomic E-state index is 13.5. The summed E-state index contributed by atoms with van der Waals surface area (Å²) in [5.74, 6) is -0.656. The molecule has 3 nitrogen and oxygen atoms in total. The van der Waals surface area contributed by atoms with E-state index >= 15 is 0 Å². The third-order valence-corrected chi connectivity index (χ3v) is 2.65. The monoisotopic (exact) mass is 247 g/mol. The van der Waals surface area contributed by atoms with Gasteiger partial charge in [0.15, 0.2) is 11.5 Å². The number of halogens is 1. The zero-order chi connectivity index (χ0) is 13.1. The summed E-state index contributed by atoms with van der Waals surface area (Å²) >= 11 is 0. The second-order valence-corrected chi connectivity index (χ2v) is 4.16. The Morgan fingerprint density at radius 1 is 1.06 bits per heavy atom. The summed E-state index contributed by atoms with van der Waals surface area (Å²) in [7, 11) is 0. The minimum Gasteiger partial charge on any atom is -0.504 e. The van der Waals surface area contributed by atoms with Gasteiger partial charge in [-0.1, -0.05) is 12.1 Å². The molecule has 0 saturated carbocycles. The summed E-state index contributed by atoms with van der Waals surface area (Å²) in [4.78, 5) is 0. The van der Waals surface area contributed by atoms with E-state index in [1.165, 1.54) is 18.2 Å². The second-order valence-electron chi connectivity index (χ2n) is 4.16. The first-order chi connectivity index (χ1) is 8.56. The van der Waals surface area contributed by atoms with Crippen LogP contribution in [0.5, 0.6) is 11.5 Å². The fourth-order valence-electron chi connectivity index (χ4n) is 1.64. The van der Waals surface area contributed by atoms with Gasteiger partial charge >= 0.3 is 0 Å². The number of benzene rings is 2. The molecular formula is C14H14FNO2. The molecule has 3 N–H and O–H groups in total. The van der Waals surface area contributed by atoms with Crippen LogP contribution < -0.4 is 5.32 Å². The maximum atomic E-state index is 13.5. The van der Waals surface area contributed by atoms with E-state index in [0.717, 1.165) is 11.1 Å². The van der Waals surface area contributed by atoms with Crippen LogP contribution >= 0.6 is 0 Å². The lowest BCUT2D eigenvalue weighted by Gasteiger charge is -2.09. The van der Waals surface area contributed by atoms with E-state index in [1.54, 1.807) is 12.1 Å². The Kier molecular flexibility index (Phi) is 3.37. The van der Waals surface area contributed by atoms with Gasteiger partial charge in [0.25, 0.3) is 0 Å². The van der Waals surface area contributed by atoms with E-state index in [9.17, 15) is 14.6 Å². The zero-order valence-corrected chi connectivity index (χ0v) is 9.94. The van der Waals surface area contributed by atoms with E-state index in [4.69, 9.17) is 0 Å². The topological polar surface area (TPSA) is 52.5 Å². The van der Waals surface area contributed by atoms with E-state index < -0.39 is 0 Å². The van der Waals surface area contributed by atoms with E-state index in [0.29, 0.717) is 12.2 Å². The summed E-state index contributed by atoms with van der Waals surface area (Å²) in [5, 5.41) is 21.4. The average Bonchev–Trinajstić information content (AvgIpc) is 2.32. The van der Waals surface area contributed by atoms with Crippen molar-refractivity contribution in [1.29, 1.82) is 0 Å². The zero-order valence-electron chi connectivity index (χ0n) is 9.94. The van der Waals surface area contributed by atoms with Crippen molar-refractivity contribution >= 4 is 5.69 Å². The van der Waals surface area contributed by atoms with Gasteiger partial charge in [-0.05, 0) is 42.3 Å². The Labute approximate surface area is 105 Å². The highest BCUT2D eigenvalue weighted by Gasteiger charge is 2.03. The molecule has 2 rings (SSSR count). The molecule has 0 radical (unpaired) electrons. The van der Waals surface area contributed by atoms with Crippen LogP contribution in [0.1, 0.15) is 11.1 Å². The molecule has 0 bridgehead atoms. The molecule has 0 fully saturated rings. The Balaban J connectivity index is 2.09. The Morgan fingerprint density at radius 3 is 2.50 bits per heavy atom. The fourth-order valence-corrected chi connectivity index (χ4v) is 1.64. The lowest BCUT2D eigenvalue weighted by molar-refractivity contribution is 0.403. The van der Waals surface area contributed by atoms with Crippen molar-refractivity contribution in [3.8, 4) is 11.5 Å². The number of nitrogens with one attached hydrogen (secondary N) is 1. The number of phenolic OH excluding ortho intramolecular Hbond substituents is 2. The highest BCUT2D eigenvalue weighted by Crippen LogP contribution is 2.25. The van der Waals surface area contributed by atoms with Gasteiger partial charge in [-0.25, -0.2) is 4.39 Å². The maximum Gasteiger partial charge on any atom is 0.157 e. The molecule has 0 saturated heterocycles. The van der Waals surface area contributed by atoms with Crippen LogP contribution in [0.4, 0.5) is 10.1 Å². The van der Waals surface area contributed by atoms with Gasteiger partial charge in [0.2, 0.25) is 0 Å². The number of aromatic hydroxyl groups is 2. The van der Waals surface area contributed by atoms with Crippen LogP contribution in [0.2, 0.25) is 0 Å². The highest BCUT2D eigenvalue weighted by molar-refractivity contribution is 5.48. The van der Waals surface area contributed by atoms with Crippen molar-refractivity contribution in [2.45, 2.75) is 13.5 Å². The predicted octanol–water partition coefficient (Wildman–Crippen LogP) is 3.16. The van der Waals surface area contributed by atoms with Gasteiger partial charge in [0, 0.05) is 6.54 Å². The summed E-state index contributed by atoms with van der Waals surface area (Å²) < 4.78 is 13.5. The third kappa shape index (κ3) is 2.71. The quantitative estimate of drug-likeness (QED) is 0.730. The molecule has 0 heterocycles. The molecule has 0 aliphatic heterocycles. The van der Waals surface area contributed by atoms with Crippen molar-refractivity contribution in [1.82, 2.24) is 0 Å². The second kappa shape index (κ2) is 4.96. The average molecular weight is 247 g/mol. The predicted molar refractivity (Wildman–Crippen MR) is 68.2 cm³/mol. The number of hydrogen-bond acceptors (Lipinski definition) is 3. The van der Waals surface area contributed by atoms with Gasteiger partial charge in [-0.2, -0.15) is 0 Å². The molecule has 0 amide bonds. The molecule has 18 heavy (non-hydrogen) atoms. The number of rotatable bonds is 3. The van der Waals surface area contributed by atoms with Crippen molar-refractivity contribution in [2.75, 3.05) is 5.32 Å². The van der Waals surface area contributed by atoms with Gasteiger partial charge < -0.3 is 15.5 Å². The Bertz CT molecular complexity index is 570. The first kappa shape index (κ1) is 12.2. The summed E-state index contributed by atoms with van der Waals surface area (Å²) in [6.45, 7) is 2.19. The molecule has 0 atom stereocenters. The van der Waals surface area contributed by atoms with Gasteiger partial charge in [-0.3, -0.25) is 0 Å². The standard InChI is InChI=1S/C14H14FNO2/c1-9-2-4-12(11(15)6-9)16-8-10-3-5-13(17)14(18)7-10/h2-7,16-18H,8H2,1H3. The van der Waals surface area contributed by atoms with E-state index in [1.807, 2.05) is 13.0 Å². The number of hydrogen-bond donors (Lipinski definition) is 3. The molecule has 94 valence electrons. The lowest BCUT2D eigenvalue weighted by atomic mass is 10.2. The molecule has 0 aliphatic carbocycles. The molecule has 0 spiro atoms. The SMILES string of the molecule is Cc1ccc(NCc2ccc(O)c(O)c2)c(F)c1. The fraction of sp³-hybridized carbons (Fsp3) is 0.143. The minimum atomic E-state index is -0.307. The van der Waals surface area contributed by atoms with E-state index in [-0.39, 0.29) is 17.3 Å². The van der Waals surface area contributed by atoms with Crippen LogP contribution in [0.15, 0.2) is 36.4 Å². The van der Waals surface area contributed by atoms with Gasteiger partial charge in [0.1, 0.15) is 5.82 Å². The summed E-state index contributed by atoms with van der Waals surface area (Å²) in [6.07, 6.45) is 0. The van der Waals surface area contributed by atoms with Crippen LogP contribution in [0.25, 0.3) is 0 Å². The van der Waals surface area contributed by atoms with Gasteiger partial charge in [0.05, 0.1) is 5.69 Å². The molecule has 0 aromatic heterocycles. The molecule has 2 aromatic rings. The van der Waals surface area contributed by atoms with Crippen molar-refractivity contribution in [3.05, 3.63) is 53.3 Å². The molecule has 0 aliphatic rings. The lowest BCUT2D eigenvalue weighted by Crippen LogP contribution is -2.01. The third-order valence-electron chi connectivity index (χ3n) is 2.65. The normalized spacial score (nSPS) is 10.3. The highest BCUT2D eigenvalue weighted by atomic mass is 19.1. The molecular weight excluding hydrogens is 233 g/mol. The summed E-state index contributed by atoms with van der Waals surface area (Å²) in [5.41, 5.74) is 2.03. The van der Waals surface area contributed by atoms with Crippen molar-refractivity contribution < 1.29 is 14.6 Å². The summed E-state index contributed by atoms with van der Waals surface area (Å²) in [6, 6.07) is 9.45. The molecule has 0 unspecified atom stereocenters. The first-order valence-corrected chi connectivity index (χ1v) is 5.57. The first-order valence-electron chi connectivity index (χ1n) is 5.57. The van der Waals surface area contributed by atoms with Crippen LogP contribution in [-0.2, 0) is 6.54 Å². The van der Waals surface area contributed by atoms with Crippen LogP contribution in [0.3, 0.4) is 0 Å². The van der Waals surface area contributed by atoms with Crippen LogP contribution in [-0.4, -0.2) is 10.2 Å². The van der Waals surface area contributed by atoms with E-state index in [2.05, 4.69) is 5.32 Å².